The molecule has 3 rings (SSSR count). The molecule has 0 saturated carbocycles. The molecule has 0 heterocycles. The number of aryl methyl sites for hydroxylation is 1. The quantitative estimate of drug-likeness (QED) is 0.431. The monoisotopic (exact) mass is 391 g/mol. The molecule has 0 amide bonds. The molecule has 0 spiro atoms. The summed E-state index contributed by atoms with van der Waals surface area (Å²) in [5.74, 6) is 0.602. The normalized spacial score (nSPS) is 12.0. The number of carbonyl (C=O) groups excluding carboxylic acids is 1. The molecular weight excluding hydrogens is 366 g/mol. The highest BCUT2D eigenvalue weighted by molar-refractivity contribution is 6.30. The van der Waals surface area contributed by atoms with Gasteiger partial charge in [-0.05, 0) is 48.2 Å². The Labute approximate surface area is 172 Å². The number of hydrogen-bond donors (Lipinski definition) is 1. The van der Waals surface area contributed by atoms with Crippen molar-refractivity contribution in [1.82, 2.24) is 0 Å². The molecule has 1 N–H and O–H groups in total. The molecule has 0 bridgehead atoms. The third-order valence-electron chi connectivity index (χ3n) is 4.95. The van der Waals surface area contributed by atoms with E-state index in [4.69, 9.17) is 11.6 Å². The fourth-order valence-corrected chi connectivity index (χ4v) is 3.28. The van der Waals surface area contributed by atoms with Gasteiger partial charge in [0.05, 0.1) is 6.04 Å². The van der Waals surface area contributed by atoms with Crippen LogP contribution in [0.4, 0.5) is 5.69 Å². The largest absolute Gasteiger partial charge is 0.378 e. The average Bonchev–Trinajstić information content (AvgIpc) is 2.69. The maximum Gasteiger partial charge on any atom is 0.165 e. The van der Waals surface area contributed by atoms with E-state index in [1.54, 1.807) is 0 Å². The van der Waals surface area contributed by atoms with Crippen LogP contribution >= 0.6 is 11.6 Å². The standard InChI is InChI=1S/C25H26ClNO/c1-17(2)19-8-10-20(11-9-19)24(27-23-14-12-22(26)13-15-23)16-25(28)21-6-4-18(3)5-7-21/h4-15,17,24,27H,16H2,1-3H3. The predicted molar refractivity (Wildman–Crippen MR) is 118 cm³/mol. The maximum absolute atomic E-state index is 12.9. The van der Waals surface area contributed by atoms with Crippen molar-refractivity contribution in [3.8, 4) is 0 Å². The number of nitrogens with one attached hydrogen (secondary N) is 1. The summed E-state index contributed by atoms with van der Waals surface area (Å²) in [6, 6.07) is 23.8. The van der Waals surface area contributed by atoms with Crippen molar-refractivity contribution in [3.63, 3.8) is 0 Å². The first-order valence-electron chi connectivity index (χ1n) is 9.64. The van der Waals surface area contributed by atoms with E-state index >= 15 is 0 Å². The molecule has 3 aromatic carbocycles. The van der Waals surface area contributed by atoms with E-state index in [9.17, 15) is 4.79 Å². The van der Waals surface area contributed by atoms with Gasteiger partial charge in [0, 0.05) is 22.7 Å². The Morgan fingerprint density at radius 1 is 0.857 bits per heavy atom. The zero-order valence-electron chi connectivity index (χ0n) is 16.6. The highest BCUT2D eigenvalue weighted by atomic mass is 35.5. The second-order valence-corrected chi connectivity index (χ2v) is 7.95. The van der Waals surface area contributed by atoms with Crippen LogP contribution in [0.5, 0.6) is 0 Å². The van der Waals surface area contributed by atoms with Crippen LogP contribution in [-0.4, -0.2) is 5.78 Å². The molecule has 0 aliphatic heterocycles. The molecule has 0 radical (unpaired) electrons. The van der Waals surface area contributed by atoms with Crippen LogP contribution in [0.15, 0.2) is 72.8 Å². The molecule has 28 heavy (non-hydrogen) atoms. The zero-order valence-corrected chi connectivity index (χ0v) is 17.3. The molecule has 1 unspecified atom stereocenters. The number of rotatable bonds is 7. The number of halogens is 1. The van der Waals surface area contributed by atoms with Crippen LogP contribution in [0.1, 0.15) is 59.3 Å². The molecule has 144 valence electrons. The highest BCUT2D eigenvalue weighted by Crippen LogP contribution is 2.27. The average molecular weight is 392 g/mol. The lowest BCUT2D eigenvalue weighted by atomic mass is 9.94. The number of benzene rings is 3. The number of ketones is 1. The van der Waals surface area contributed by atoms with Crippen molar-refractivity contribution in [2.75, 3.05) is 5.32 Å². The maximum atomic E-state index is 12.9. The van der Waals surface area contributed by atoms with Gasteiger partial charge in [0.15, 0.2) is 5.78 Å². The van der Waals surface area contributed by atoms with Crippen molar-refractivity contribution >= 4 is 23.1 Å². The third-order valence-corrected chi connectivity index (χ3v) is 5.21. The molecule has 3 aromatic rings. The van der Waals surface area contributed by atoms with Gasteiger partial charge in [0.1, 0.15) is 0 Å². The van der Waals surface area contributed by atoms with Gasteiger partial charge in [-0.15, -0.1) is 0 Å². The molecule has 2 nitrogen and oxygen atoms in total. The van der Waals surface area contributed by atoms with E-state index in [0.717, 1.165) is 22.4 Å². The van der Waals surface area contributed by atoms with Crippen molar-refractivity contribution < 1.29 is 4.79 Å². The zero-order chi connectivity index (χ0) is 20.1. The van der Waals surface area contributed by atoms with Gasteiger partial charge in [-0.3, -0.25) is 4.79 Å². The van der Waals surface area contributed by atoms with E-state index in [-0.39, 0.29) is 11.8 Å². The third kappa shape index (κ3) is 5.24. The molecule has 0 aromatic heterocycles. The smallest absolute Gasteiger partial charge is 0.165 e. The first-order valence-corrected chi connectivity index (χ1v) is 10.0. The van der Waals surface area contributed by atoms with Crippen LogP contribution in [0.25, 0.3) is 0 Å². The van der Waals surface area contributed by atoms with Crippen molar-refractivity contribution in [2.24, 2.45) is 0 Å². The Morgan fingerprint density at radius 3 is 2.00 bits per heavy atom. The first-order chi connectivity index (χ1) is 13.4. The van der Waals surface area contributed by atoms with Crippen LogP contribution in [-0.2, 0) is 0 Å². The predicted octanol–water partition coefficient (Wildman–Crippen LogP) is 7.20. The molecule has 0 aliphatic carbocycles. The number of carbonyl (C=O) groups is 1. The first kappa shape index (κ1) is 20.2. The molecule has 0 aliphatic rings. The fourth-order valence-electron chi connectivity index (χ4n) is 3.16. The minimum absolute atomic E-state index is 0.115. The Bertz CT molecular complexity index is 912. The summed E-state index contributed by atoms with van der Waals surface area (Å²) in [5, 5.41) is 4.20. The van der Waals surface area contributed by atoms with E-state index in [0.29, 0.717) is 17.4 Å². The van der Waals surface area contributed by atoms with Gasteiger partial charge in [-0.2, -0.15) is 0 Å². The van der Waals surface area contributed by atoms with E-state index in [2.05, 4.69) is 43.4 Å². The molecule has 0 saturated heterocycles. The molecule has 3 heteroatoms. The Morgan fingerprint density at radius 2 is 1.43 bits per heavy atom. The minimum atomic E-state index is -0.115. The van der Waals surface area contributed by atoms with Gasteiger partial charge < -0.3 is 5.32 Å². The van der Waals surface area contributed by atoms with E-state index in [1.807, 2.05) is 55.5 Å². The summed E-state index contributed by atoms with van der Waals surface area (Å²) in [6.45, 7) is 6.38. The van der Waals surface area contributed by atoms with Gasteiger partial charge >= 0.3 is 0 Å². The lowest BCUT2D eigenvalue weighted by molar-refractivity contribution is 0.0976. The van der Waals surface area contributed by atoms with Gasteiger partial charge in [-0.1, -0.05) is 79.5 Å². The number of anilines is 1. The lowest BCUT2D eigenvalue weighted by Gasteiger charge is -2.21. The molecule has 0 fully saturated rings. The van der Waals surface area contributed by atoms with Crippen LogP contribution in [0.2, 0.25) is 5.02 Å². The van der Waals surface area contributed by atoms with Gasteiger partial charge in [0.2, 0.25) is 0 Å². The Hall–Kier alpha value is -2.58. The summed E-state index contributed by atoms with van der Waals surface area (Å²) in [5.41, 5.74) is 5.22. The number of Topliss-reactive ketones (excluding diaryl/α,β-unsaturated/α-hetero) is 1. The van der Waals surface area contributed by atoms with Crippen LogP contribution in [0.3, 0.4) is 0 Å². The second kappa shape index (κ2) is 9.07. The van der Waals surface area contributed by atoms with Crippen LogP contribution < -0.4 is 5.32 Å². The SMILES string of the molecule is Cc1ccc(C(=O)CC(Nc2ccc(Cl)cc2)c2ccc(C(C)C)cc2)cc1. The minimum Gasteiger partial charge on any atom is -0.378 e. The second-order valence-electron chi connectivity index (χ2n) is 7.52. The summed E-state index contributed by atoms with van der Waals surface area (Å²) in [7, 11) is 0. The van der Waals surface area contributed by atoms with Crippen molar-refractivity contribution in [1.29, 1.82) is 0 Å². The van der Waals surface area contributed by atoms with E-state index in [1.165, 1.54) is 5.56 Å². The Kier molecular flexibility index (Phi) is 6.53. The van der Waals surface area contributed by atoms with E-state index < -0.39 is 0 Å². The fraction of sp³-hybridized carbons (Fsp3) is 0.240. The summed E-state index contributed by atoms with van der Waals surface area (Å²) < 4.78 is 0. The molecular formula is C25H26ClNO. The van der Waals surface area contributed by atoms with Crippen LogP contribution in [0, 0.1) is 6.92 Å². The topological polar surface area (TPSA) is 29.1 Å². The van der Waals surface area contributed by atoms with Crippen molar-refractivity contribution in [2.45, 2.75) is 39.2 Å². The summed E-state index contributed by atoms with van der Waals surface area (Å²) in [4.78, 5) is 12.9. The summed E-state index contributed by atoms with van der Waals surface area (Å²) in [6.07, 6.45) is 0.382. The molecule has 1 atom stereocenters. The van der Waals surface area contributed by atoms with Gasteiger partial charge in [0.25, 0.3) is 0 Å². The van der Waals surface area contributed by atoms with Crippen molar-refractivity contribution in [3.05, 3.63) is 100 Å². The summed E-state index contributed by atoms with van der Waals surface area (Å²) >= 11 is 6.01. The highest BCUT2D eigenvalue weighted by Gasteiger charge is 2.18. The number of hydrogen-bond acceptors (Lipinski definition) is 2. The Balaban J connectivity index is 1.85. The van der Waals surface area contributed by atoms with Gasteiger partial charge in [-0.25, -0.2) is 0 Å². The lowest BCUT2D eigenvalue weighted by Crippen LogP contribution is -2.16.